The summed E-state index contributed by atoms with van der Waals surface area (Å²) >= 11 is -2.34. The lowest BCUT2D eigenvalue weighted by Gasteiger charge is -2.25. The summed E-state index contributed by atoms with van der Waals surface area (Å²) in [7, 11) is 1.76. The van der Waals surface area contributed by atoms with Crippen molar-refractivity contribution in [1.82, 2.24) is 14.3 Å². The predicted octanol–water partition coefficient (Wildman–Crippen LogP) is 2.97. The number of benzene rings is 1. The second-order valence-corrected chi connectivity index (χ2v) is 9.45. The summed E-state index contributed by atoms with van der Waals surface area (Å²) in [4.78, 5) is 18.1. The van der Waals surface area contributed by atoms with E-state index in [0.29, 0.717) is 10.9 Å². The van der Waals surface area contributed by atoms with E-state index in [2.05, 4.69) is 26.7 Å². The van der Waals surface area contributed by atoms with Gasteiger partial charge in [0.05, 0.1) is 0 Å². The SMILES string of the molecule is CC(NS(=O)[O-])c1ccc(N2CCC3(CC3)C2)c(-c2cn(C)c(=O)c3[nH]ccc23)c1. The molecule has 2 unspecified atom stereocenters. The number of anilines is 1. The Labute approximate surface area is 177 Å². The number of hydrogen-bond donors (Lipinski definition) is 2. The van der Waals surface area contributed by atoms with E-state index in [1.807, 2.05) is 25.3 Å². The Kier molecular flexibility index (Phi) is 4.61. The van der Waals surface area contributed by atoms with E-state index in [0.717, 1.165) is 40.9 Å². The normalized spacial score (nSPS) is 19.5. The largest absolute Gasteiger partial charge is 0.760 e. The summed E-state index contributed by atoms with van der Waals surface area (Å²) in [5, 5.41) is 0.879. The van der Waals surface area contributed by atoms with Crippen LogP contribution >= 0.6 is 0 Å². The highest BCUT2D eigenvalue weighted by Crippen LogP contribution is 2.54. The molecule has 0 radical (unpaired) electrons. The van der Waals surface area contributed by atoms with Gasteiger partial charge in [0.25, 0.3) is 5.56 Å². The number of hydrogen-bond acceptors (Lipinski definition) is 4. The highest BCUT2D eigenvalue weighted by atomic mass is 32.2. The van der Waals surface area contributed by atoms with Crippen molar-refractivity contribution in [2.45, 2.75) is 32.2 Å². The van der Waals surface area contributed by atoms with Crippen molar-refractivity contribution in [2.75, 3.05) is 18.0 Å². The second-order valence-electron chi connectivity index (χ2n) is 8.75. The van der Waals surface area contributed by atoms with E-state index in [1.165, 1.54) is 19.3 Å². The smallest absolute Gasteiger partial charge is 0.274 e. The molecule has 0 amide bonds. The summed E-state index contributed by atoms with van der Waals surface area (Å²) in [5.74, 6) is 0. The van der Waals surface area contributed by atoms with Gasteiger partial charge < -0.3 is 19.0 Å². The van der Waals surface area contributed by atoms with Crippen LogP contribution in [0.5, 0.6) is 0 Å². The molecular weight excluding hydrogens is 400 g/mol. The minimum atomic E-state index is -2.34. The van der Waals surface area contributed by atoms with Gasteiger partial charge in [-0.3, -0.25) is 9.00 Å². The third-order valence-corrected chi connectivity index (χ3v) is 7.26. The number of H-pyrrole nitrogens is 1. The van der Waals surface area contributed by atoms with Crippen LogP contribution in [0.25, 0.3) is 22.0 Å². The molecule has 2 atom stereocenters. The Hall–Kier alpha value is -2.42. The maximum Gasteiger partial charge on any atom is 0.274 e. The Bertz CT molecular complexity index is 1210. The molecule has 1 aliphatic heterocycles. The molecule has 2 fully saturated rings. The summed E-state index contributed by atoms with van der Waals surface area (Å²) in [6.07, 6.45) is 7.49. The first-order valence-corrected chi connectivity index (χ1v) is 11.4. The Morgan fingerprint density at radius 3 is 2.73 bits per heavy atom. The summed E-state index contributed by atoms with van der Waals surface area (Å²) in [5.41, 5.74) is 5.02. The van der Waals surface area contributed by atoms with Gasteiger partial charge in [0.1, 0.15) is 5.52 Å². The summed E-state index contributed by atoms with van der Waals surface area (Å²) in [6.45, 7) is 3.91. The van der Waals surface area contributed by atoms with Crippen LogP contribution in [0.1, 0.15) is 37.8 Å². The van der Waals surface area contributed by atoms with Gasteiger partial charge in [-0.2, -0.15) is 0 Å². The molecule has 2 aliphatic rings. The van der Waals surface area contributed by atoms with Gasteiger partial charge in [0, 0.05) is 72.0 Å². The lowest BCUT2D eigenvalue weighted by atomic mass is 9.96. The number of aryl methyl sites for hydroxylation is 1. The monoisotopic (exact) mass is 425 g/mol. The van der Waals surface area contributed by atoms with Crippen LogP contribution < -0.4 is 15.2 Å². The molecule has 30 heavy (non-hydrogen) atoms. The van der Waals surface area contributed by atoms with Crippen molar-refractivity contribution >= 4 is 27.9 Å². The highest BCUT2D eigenvalue weighted by molar-refractivity contribution is 7.77. The van der Waals surface area contributed by atoms with Crippen LogP contribution in [0.4, 0.5) is 5.69 Å². The molecule has 1 saturated heterocycles. The minimum absolute atomic E-state index is 0.0636. The van der Waals surface area contributed by atoms with Gasteiger partial charge in [-0.25, -0.2) is 4.72 Å². The van der Waals surface area contributed by atoms with Crippen molar-refractivity contribution in [3.05, 3.63) is 52.6 Å². The zero-order chi connectivity index (χ0) is 21.0. The molecule has 3 heterocycles. The molecule has 3 aromatic rings. The van der Waals surface area contributed by atoms with Crippen molar-refractivity contribution in [3.8, 4) is 11.1 Å². The van der Waals surface area contributed by atoms with E-state index in [1.54, 1.807) is 17.8 Å². The Balaban J connectivity index is 1.68. The molecule has 1 aromatic carbocycles. The number of nitrogens with one attached hydrogen (secondary N) is 2. The topological polar surface area (TPSA) is 93.2 Å². The lowest BCUT2D eigenvalue weighted by Crippen LogP contribution is -2.23. The van der Waals surface area contributed by atoms with E-state index in [4.69, 9.17) is 0 Å². The van der Waals surface area contributed by atoms with E-state index < -0.39 is 11.3 Å². The first-order valence-electron chi connectivity index (χ1n) is 10.3. The molecule has 5 rings (SSSR count). The van der Waals surface area contributed by atoms with Crippen LogP contribution in [0.2, 0.25) is 0 Å². The molecule has 8 heteroatoms. The van der Waals surface area contributed by atoms with Gasteiger partial charge in [-0.15, -0.1) is 0 Å². The summed E-state index contributed by atoms with van der Waals surface area (Å²) in [6, 6.07) is 7.74. The van der Waals surface area contributed by atoms with E-state index in [-0.39, 0.29) is 11.6 Å². The standard InChI is InChI=1S/C22H26N4O3S/c1-14(24-30(28)29)15-3-4-19(26-10-8-22(13-26)6-7-22)17(11-15)18-12-25(2)21(27)20-16(18)5-9-23-20/h3-5,9,11-12,14,23-24H,6-8,10,13H2,1-2H3,(H,28,29)/p-1. The zero-order valence-corrected chi connectivity index (χ0v) is 17.9. The Morgan fingerprint density at radius 2 is 2.03 bits per heavy atom. The van der Waals surface area contributed by atoms with Crippen LogP contribution in [-0.2, 0) is 18.3 Å². The van der Waals surface area contributed by atoms with Crippen molar-refractivity contribution in [3.63, 3.8) is 0 Å². The number of aromatic amines is 1. The number of pyridine rings is 1. The lowest BCUT2D eigenvalue weighted by molar-refractivity contribution is 0.512. The molecule has 2 N–H and O–H groups in total. The molecule has 1 spiro atoms. The molecule has 7 nitrogen and oxygen atoms in total. The van der Waals surface area contributed by atoms with Crippen LogP contribution in [0, 0.1) is 5.41 Å². The number of aromatic nitrogens is 2. The second kappa shape index (κ2) is 7.08. The maximum absolute atomic E-state index is 12.5. The minimum Gasteiger partial charge on any atom is -0.760 e. The average Bonchev–Trinajstić information content (AvgIpc) is 3.11. The zero-order valence-electron chi connectivity index (χ0n) is 17.1. The first-order chi connectivity index (χ1) is 14.4. The quantitative estimate of drug-likeness (QED) is 0.615. The fraction of sp³-hybridized carbons (Fsp3) is 0.409. The van der Waals surface area contributed by atoms with Crippen LogP contribution in [0.3, 0.4) is 0 Å². The molecule has 0 bridgehead atoms. The first kappa shape index (κ1) is 19.5. The Morgan fingerprint density at radius 1 is 1.23 bits per heavy atom. The van der Waals surface area contributed by atoms with Crippen molar-refractivity contribution in [2.24, 2.45) is 12.5 Å². The fourth-order valence-corrected chi connectivity index (χ4v) is 5.16. The van der Waals surface area contributed by atoms with Crippen molar-refractivity contribution < 1.29 is 8.76 Å². The predicted molar refractivity (Wildman–Crippen MR) is 118 cm³/mol. The number of nitrogens with zero attached hydrogens (tertiary/aromatic N) is 2. The average molecular weight is 426 g/mol. The number of fused-ring (bicyclic) bond motifs is 1. The van der Waals surface area contributed by atoms with Gasteiger partial charge >= 0.3 is 0 Å². The van der Waals surface area contributed by atoms with Gasteiger partial charge in [-0.05, 0) is 55.4 Å². The van der Waals surface area contributed by atoms with Gasteiger partial charge in [0.2, 0.25) is 0 Å². The third kappa shape index (κ3) is 3.29. The van der Waals surface area contributed by atoms with Gasteiger partial charge in [-0.1, -0.05) is 6.07 Å². The van der Waals surface area contributed by atoms with Crippen LogP contribution in [-0.4, -0.2) is 31.4 Å². The van der Waals surface area contributed by atoms with E-state index in [9.17, 15) is 13.6 Å². The molecule has 1 aliphatic carbocycles. The molecule has 1 saturated carbocycles. The summed E-state index contributed by atoms with van der Waals surface area (Å²) < 4.78 is 26.5. The molecular formula is C22H25N4O3S-. The maximum atomic E-state index is 12.5. The van der Waals surface area contributed by atoms with Gasteiger partial charge in [0.15, 0.2) is 0 Å². The highest BCUT2D eigenvalue weighted by Gasteiger charge is 2.48. The molecule has 2 aromatic heterocycles. The van der Waals surface area contributed by atoms with Crippen LogP contribution in [0.15, 0.2) is 41.5 Å². The fourth-order valence-electron chi connectivity index (χ4n) is 4.74. The van der Waals surface area contributed by atoms with Crippen molar-refractivity contribution in [1.29, 1.82) is 0 Å². The molecule has 158 valence electrons. The number of rotatable bonds is 5. The third-order valence-electron chi connectivity index (χ3n) is 6.71. The van der Waals surface area contributed by atoms with E-state index >= 15 is 0 Å².